The molecule has 0 atom stereocenters. The molecule has 1 rings (SSSR count). The van der Waals surface area contributed by atoms with Crippen LogP contribution in [0.25, 0.3) is 0 Å². The first kappa shape index (κ1) is 13.8. The molecule has 0 unspecified atom stereocenters. The van der Waals surface area contributed by atoms with E-state index in [-0.39, 0.29) is 30.3 Å². The molecule has 0 aliphatic carbocycles. The summed E-state index contributed by atoms with van der Waals surface area (Å²) in [7, 11) is 0. The topological polar surface area (TPSA) is 33.1 Å². The van der Waals surface area contributed by atoms with Crippen molar-refractivity contribution in [1.29, 1.82) is 5.41 Å². The third-order valence-corrected chi connectivity index (χ3v) is 1.72. The minimum absolute atomic E-state index is 0. The lowest BCUT2D eigenvalue weighted by Crippen LogP contribution is -2.09. The van der Waals surface area contributed by atoms with Crippen molar-refractivity contribution in [1.82, 2.24) is 0 Å². The fourth-order valence-electron chi connectivity index (χ4n) is 1.09. The molecule has 0 aliphatic rings. The van der Waals surface area contributed by atoms with Crippen LogP contribution < -0.4 is 0 Å². The molecular formula is C10H12ClF2NO. The number of nitrogens with one attached hydrogen (secondary N) is 1. The molecular weight excluding hydrogens is 224 g/mol. The molecule has 0 aromatic heterocycles. The van der Waals surface area contributed by atoms with Crippen molar-refractivity contribution in [2.24, 2.45) is 0 Å². The number of ether oxygens (including phenoxy) is 1. The Morgan fingerprint density at radius 1 is 1.33 bits per heavy atom. The first-order valence-corrected chi connectivity index (χ1v) is 4.28. The van der Waals surface area contributed by atoms with Gasteiger partial charge in [0.15, 0.2) is 5.90 Å². The second kappa shape index (κ2) is 6.35. The van der Waals surface area contributed by atoms with Gasteiger partial charge in [-0.1, -0.05) is 6.07 Å². The van der Waals surface area contributed by atoms with Crippen LogP contribution in [0.15, 0.2) is 18.2 Å². The summed E-state index contributed by atoms with van der Waals surface area (Å²) >= 11 is 0. The van der Waals surface area contributed by atoms with Crippen LogP contribution in [0.5, 0.6) is 0 Å². The number of rotatable bonds is 3. The quantitative estimate of drug-likeness (QED) is 0.634. The highest BCUT2D eigenvalue weighted by Crippen LogP contribution is 2.13. The summed E-state index contributed by atoms with van der Waals surface area (Å²) in [5.41, 5.74) is -0.119. The molecule has 15 heavy (non-hydrogen) atoms. The molecule has 1 aromatic rings. The van der Waals surface area contributed by atoms with Gasteiger partial charge in [-0.2, -0.15) is 0 Å². The first-order valence-electron chi connectivity index (χ1n) is 4.28. The Hall–Kier alpha value is -1.16. The maximum Gasteiger partial charge on any atom is 0.185 e. The second-order valence-corrected chi connectivity index (χ2v) is 2.73. The molecule has 5 heteroatoms. The van der Waals surface area contributed by atoms with E-state index in [2.05, 4.69) is 0 Å². The van der Waals surface area contributed by atoms with Gasteiger partial charge in [0, 0.05) is 5.56 Å². The Balaban J connectivity index is 0.00000196. The van der Waals surface area contributed by atoms with Gasteiger partial charge in [-0.3, -0.25) is 5.41 Å². The molecule has 84 valence electrons. The standard InChI is InChI=1S/C10H11F2NO.ClH/c1-2-14-10(13)6-7-8(11)4-3-5-9(7)12;/h3-5,13H,2,6H2,1H3;1H. The Bertz CT molecular complexity index is 324. The summed E-state index contributed by atoms with van der Waals surface area (Å²) in [5.74, 6) is -1.42. The molecule has 0 spiro atoms. The lowest BCUT2D eigenvalue weighted by Gasteiger charge is -2.06. The molecule has 2 nitrogen and oxygen atoms in total. The molecule has 0 bridgehead atoms. The van der Waals surface area contributed by atoms with Crippen molar-refractivity contribution in [3.05, 3.63) is 35.4 Å². The summed E-state index contributed by atoms with van der Waals surface area (Å²) in [4.78, 5) is 0. The van der Waals surface area contributed by atoms with Crippen molar-refractivity contribution in [3.8, 4) is 0 Å². The lowest BCUT2D eigenvalue weighted by atomic mass is 10.1. The molecule has 0 fully saturated rings. The van der Waals surface area contributed by atoms with Gasteiger partial charge in [-0.05, 0) is 19.1 Å². The lowest BCUT2D eigenvalue weighted by molar-refractivity contribution is 0.315. The van der Waals surface area contributed by atoms with Crippen LogP contribution in [0, 0.1) is 17.0 Å². The van der Waals surface area contributed by atoms with Gasteiger partial charge >= 0.3 is 0 Å². The molecule has 1 aromatic carbocycles. The highest BCUT2D eigenvalue weighted by molar-refractivity contribution is 5.85. The highest BCUT2D eigenvalue weighted by atomic mass is 35.5. The van der Waals surface area contributed by atoms with Gasteiger partial charge in [-0.15, -0.1) is 12.4 Å². The van der Waals surface area contributed by atoms with Crippen LogP contribution in [0.4, 0.5) is 8.78 Å². The van der Waals surface area contributed by atoms with Gasteiger partial charge in [0.2, 0.25) is 0 Å². The largest absolute Gasteiger partial charge is 0.481 e. The van der Waals surface area contributed by atoms with Crippen LogP contribution in [0.2, 0.25) is 0 Å². The fraction of sp³-hybridized carbons (Fsp3) is 0.300. The predicted octanol–water partition coefficient (Wildman–Crippen LogP) is 2.94. The van der Waals surface area contributed by atoms with Crippen LogP contribution in [-0.4, -0.2) is 12.5 Å². The average molecular weight is 236 g/mol. The van der Waals surface area contributed by atoms with Crippen LogP contribution in [0.3, 0.4) is 0 Å². The molecule has 0 radical (unpaired) electrons. The van der Waals surface area contributed by atoms with Gasteiger partial charge in [0.05, 0.1) is 13.0 Å². The van der Waals surface area contributed by atoms with Gasteiger partial charge in [0.25, 0.3) is 0 Å². The van der Waals surface area contributed by atoms with E-state index < -0.39 is 11.6 Å². The van der Waals surface area contributed by atoms with E-state index in [1.165, 1.54) is 6.07 Å². The van der Waals surface area contributed by atoms with Gasteiger partial charge < -0.3 is 4.74 Å². The Morgan fingerprint density at radius 3 is 2.33 bits per heavy atom. The zero-order valence-electron chi connectivity index (χ0n) is 8.22. The third-order valence-electron chi connectivity index (χ3n) is 1.72. The molecule has 0 aliphatic heterocycles. The predicted molar refractivity (Wildman–Crippen MR) is 56.7 cm³/mol. The Labute approximate surface area is 93.2 Å². The monoisotopic (exact) mass is 235 g/mol. The second-order valence-electron chi connectivity index (χ2n) is 2.73. The normalized spacial score (nSPS) is 9.27. The SMILES string of the molecule is CCOC(=N)Cc1c(F)cccc1F.Cl. The number of benzene rings is 1. The summed E-state index contributed by atoms with van der Waals surface area (Å²) in [6, 6.07) is 3.62. The summed E-state index contributed by atoms with van der Waals surface area (Å²) in [6.45, 7) is 2.04. The molecule has 0 amide bonds. The molecule has 0 heterocycles. The third kappa shape index (κ3) is 3.83. The van der Waals surface area contributed by atoms with Crippen molar-refractivity contribution in [2.75, 3.05) is 6.61 Å². The number of hydrogen-bond acceptors (Lipinski definition) is 2. The molecule has 1 N–H and O–H groups in total. The zero-order valence-corrected chi connectivity index (χ0v) is 9.04. The van der Waals surface area contributed by atoms with E-state index in [4.69, 9.17) is 10.1 Å². The van der Waals surface area contributed by atoms with E-state index in [1.54, 1.807) is 6.92 Å². The van der Waals surface area contributed by atoms with Crippen molar-refractivity contribution < 1.29 is 13.5 Å². The maximum absolute atomic E-state index is 13.1. The molecule has 0 saturated carbocycles. The fourth-order valence-corrected chi connectivity index (χ4v) is 1.09. The van der Waals surface area contributed by atoms with Crippen LogP contribution in [-0.2, 0) is 11.2 Å². The van der Waals surface area contributed by atoms with Gasteiger partial charge in [0.1, 0.15) is 11.6 Å². The van der Waals surface area contributed by atoms with Crippen LogP contribution in [0.1, 0.15) is 12.5 Å². The van der Waals surface area contributed by atoms with E-state index in [1.807, 2.05) is 0 Å². The Kier molecular flexibility index (Phi) is 5.86. The number of hydrogen-bond donors (Lipinski definition) is 1. The maximum atomic E-state index is 13.1. The highest BCUT2D eigenvalue weighted by Gasteiger charge is 2.10. The van der Waals surface area contributed by atoms with Crippen molar-refractivity contribution >= 4 is 18.3 Å². The summed E-state index contributed by atoms with van der Waals surface area (Å²) in [6.07, 6.45) is -0.146. The van der Waals surface area contributed by atoms with E-state index in [0.717, 1.165) is 12.1 Å². The minimum atomic E-state index is -0.644. The summed E-state index contributed by atoms with van der Waals surface area (Å²) in [5, 5.41) is 7.26. The average Bonchev–Trinajstić information content (AvgIpc) is 2.12. The first-order chi connectivity index (χ1) is 6.65. The van der Waals surface area contributed by atoms with E-state index in [9.17, 15) is 8.78 Å². The minimum Gasteiger partial charge on any atom is -0.481 e. The Morgan fingerprint density at radius 2 is 1.87 bits per heavy atom. The van der Waals surface area contributed by atoms with Crippen LogP contribution >= 0.6 is 12.4 Å². The molecule has 0 saturated heterocycles. The number of halogens is 3. The van der Waals surface area contributed by atoms with E-state index in [0.29, 0.717) is 6.61 Å². The van der Waals surface area contributed by atoms with Gasteiger partial charge in [-0.25, -0.2) is 8.78 Å². The smallest absolute Gasteiger partial charge is 0.185 e. The van der Waals surface area contributed by atoms with Crippen molar-refractivity contribution in [2.45, 2.75) is 13.3 Å². The van der Waals surface area contributed by atoms with Crippen molar-refractivity contribution in [3.63, 3.8) is 0 Å². The zero-order chi connectivity index (χ0) is 10.6. The van der Waals surface area contributed by atoms with E-state index >= 15 is 0 Å². The summed E-state index contributed by atoms with van der Waals surface area (Å²) < 4.78 is 30.9.